The highest BCUT2D eigenvalue weighted by atomic mass is 16.3. The lowest BCUT2D eigenvalue weighted by Crippen LogP contribution is -2.55. The Bertz CT molecular complexity index is 392. The Morgan fingerprint density at radius 3 is 2.29 bits per heavy atom. The number of hydrogen-bond acceptors (Lipinski definition) is 3. The molecule has 1 aliphatic rings. The summed E-state index contributed by atoms with van der Waals surface area (Å²) < 4.78 is 0. The van der Waals surface area contributed by atoms with Gasteiger partial charge in [0.05, 0.1) is 0 Å². The quantitative estimate of drug-likeness (QED) is 0.768. The van der Waals surface area contributed by atoms with Crippen LogP contribution in [-0.2, 0) is 0 Å². The molecular weight excluding hydrogens is 216 g/mol. The third kappa shape index (κ3) is 2.77. The Morgan fingerprint density at radius 2 is 1.76 bits per heavy atom. The van der Waals surface area contributed by atoms with Gasteiger partial charge in [-0.25, -0.2) is 0 Å². The molecule has 2 rings (SSSR count). The summed E-state index contributed by atoms with van der Waals surface area (Å²) >= 11 is 0. The van der Waals surface area contributed by atoms with E-state index in [-0.39, 0.29) is 11.7 Å². The van der Waals surface area contributed by atoms with Crippen molar-refractivity contribution in [3.63, 3.8) is 0 Å². The van der Waals surface area contributed by atoms with Gasteiger partial charge >= 0.3 is 0 Å². The summed E-state index contributed by atoms with van der Waals surface area (Å²) in [7, 11) is 0. The molecule has 1 aromatic carbocycles. The number of rotatable bonds is 1. The second kappa shape index (κ2) is 4.75. The number of phenols is 1. The fourth-order valence-corrected chi connectivity index (χ4v) is 2.28. The topological polar surface area (TPSA) is 52.6 Å². The predicted molar refractivity (Wildman–Crippen MR) is 66.1 cm³/mol. The number of piperazine rings is 1. The lowest BCUT2D eigenvalue weighted by atomic mass is 10.1. The normalized spacial score (nSPS) is 24.7. The van der Waals surface area contributed by atoms with E-state index in [1.54, 1.807) is 24.3 Å². The lowest BCUT2D eigenvalue weighted by Gasteiger charge is -2.36. The van der Waals surface area contributed by atoms with Crippen LogP contribution >= 0.6 is 0 Å². The van der Waals surface area contributed by atoms with E-state index in [2.05, 4.69) is 19.2 Å². The molecule has 2 N–H and O–H groups in total. The zero-order chi connectivity index (χ0) is 12.4. The average molecular weight is 234 g/mol. The number of amides is 1. The minimum absolute atomic E-state index is 0.0326. The molecule has 4 nitrogen and oxygen atoms in total. The van der Waals surface area contributed by atoms with Crippen molar-refractivity contribution in [3.05, 3.63) is 29.8 Å². The van der Waals surface area contributed by atoms with Crippen molar-refractivity contribution >= 4 is 5.91 Å². The van der Waals surface area contributed by atoms with Gasteiger partial charge in [-0.3, -0.25) is 4.79 Å². The van der Waals surface area contributed by atoms with Gasteiger partial charge in [0.15, 0.2) is 0 Å². The number of nitrogens with one attached hydrogen (secondary N) is 1. The van der Waals surface area contributed by atoms with Gasteiger partial charge in [0.1, 0.15) is 5.75 Å². The van der Waals surface area contributed by atoms with E-state index in [0.717, 1.165) is 13.1 Å². The Morgan fingerprint density at radius 1 is 1.24 bits per heavy atom. The van der Waals surface area contributed by atoms with Crippen LogP contribution in [0.5, 0.6) is 5.75 Å². The third-order valence-corrected chi connectivity index (χ3v) is 2.96. The number of hydrogen-bond donors (Lipinski definition) is 2. The first-order valence-electron chi connectivity index (χ1n) is 5.90. The molecule has 0 aromatic heterocycles. The molecule has 92 valence electrons. The smallest absolute Gasteiger partial charge is 0.253 e. The van der Waals surface area contributed by atoms with Crippen LogP contribution in [0.2, 0.25) is 0 Å². The molecular formula is C13H18N2O2. The van der Waals surface area contributed by atoms with E-state index >= 15 is 0 Å². The van der Waals surface area contributed by atoms with Gasteiger partial charge in [-0.15, -0.1) is 0 Å². The number of benzene rings is 1. The number of phenolic OH excluding ortho intramolecular Hbond substituents is 1. The monoisotopic (exact) mass is 234 g/mol. The number of aromatic hydroxyl groups is 1. The average Bonchev–Trinajstić information content (AvgIpc) is 2.28. The number of nitrogens with zero attached hydrogens (tertiary/aromatic N) is 1. The molecule has 1 amide bonds. The molecule has 4 heteroatoms. The van der Waals surface area contributed by atoms with Gasteiger partial charge in [0.25, 0.3) is 5.91 Å². The number of carbonyl (C=O) groups excluding carboxylic acids is 1. The SMILES string of the molecule is CC1CN(C(=O)c2ccc(O)cc2)CC(C)N1. The Labute approximate surface area is 101 Å². The summed E-state index contributed by atoms with van der Waals surface area (Å²) in [6, 6.07) is 7.05. The van der Waals surface area contributed by atoms with E-state index in [0.29, 0.717) is 17.6 Å². The zero-order valence-corrected chi connectivity index (χ0v) is 10.2. The summed E-state index contributed by atoms with van der Waals surface area (Å²) in [6.45, 7) is 5.60. The van der Waals surface area contributed by atoms with Crippen molar-refractivity contribution in [1.82, 2.24) is 10.2 Å². The second-order valence-electron chi connectivity index (χ2n) is 4.73. The maximum absolute atomic E-state index is 12.2. The Kier molecular flexibility index (Phi) is 3.33. The summed E-state index contributed by atoms with van der Waals surface area (Å²) in [5.74, 6) is 0.216. The molecule has 2 atom stereocenters. The van der Waals surface area contributed by atoms with E-state index in [9.17, 15) is 9.90 Å². The largest absolute Gasteiger partial charge is 0.508 e. The molecule has 0 aliphatic carbocycles. The fourth-order valence-electron chi connectivity index (χ4n) is 2.28. The first kappa shape index (κ1) is 11.9. The van der Waals surface area contributed by atoms with Gasteiger partial charge in [-0.05, 0) is 38.1 Å². The fraction of sp³-hybridized carbons (Fsp3) is 0.462. The minimum atomic E-state index is 0.0326. The van der Waals surface area contributed by atoms with Crippen molar-refractivity contribution in [3.8, 4) is 5.75 Å². The van der Waals surface area contributed by atoms with Crippen LogP contribution in [0.3, 0.4) is 0 Å². The first-order valence-corrected chi connectivity index (χ1v) is 5.90. The van der Waals surface area contributed by atoms with Crippen LogP contribution in [0.15, 0.2) is 24.3 Å². The van der Waals surface area contributed by atoms with Crippen LogP contribution in [-0.4, -0.2) is 41.1 Å². The highest BCUT2D eigenvalue weighted by Gasteiger charge is 2.25. The minimum Gasteiger partial charge on any atom is -0.508 e. The predicted octanol–water partition coefficient (Wildman–Crippen LogP) is 1.21. The van der Waals surface area contributed by atoms with E-state index in [4.69, 9.17) is 0 Å². The van der Waals surface area contributed by atoms with Crippen molar-refractivity contribution in [1.29, 1.82) is 0 Å². The summed E-state index contributed by atoms with van der Waals surface area (Å²) in [4.78, 5) is 14.1. The van der Waals surface area contributed by atoms with E-state index in [1.807, 2.05) is 4.90 Å². The van der Waals surface area contributed by atoms with Gasteiger partial charge in [0.2, 0.25) is 0 Å². The molecule has 17 heavy (non-hydrogen) atoms. The standard InChI is InChI=1S/C13H18N2O2/c1-9-7-15(8-10(2)14-9)13(17)11-3-5-12(16)6-4-11/h3-6,9-10,14,16H,7-8H2,1-2H3. The van der Waals surface area contributed by atoms with Crippen molar-refractivity contribution in [2.45, 2.75) is 25.9 Å². The molecule has 0 saturated carbocycles. The Balaban J connectivity index is 2.11. The molecule has 1 aromatic rings. The zero-order valence-electron chi connectivity index (χ0n) is 10.2. The molecule has 0 bridgehead atoms. The summed E-state index contributed by atoms with van der Waals surface area (Å²) in [5.41, 5.74) is 0.629. The van der Waals surface area contributed by atoms with Crippen LogP contribution in [0.4, 0.5) is 0 Å². The van der Waals surface area contributed by atoms with Crippen molar-refractivity contribution in [2.24, 2.45) is 0 Å². The number of carbonyl (C=O) groups is 1. The van der Waals surface area contributed by atoms with Crippen LogP contribution in [0.1, 0.15) is 24.2 Å². The molecule has 1 heterocycles. The van der Waals surface area contributed by atoms with Gasteiger partial charge in [0, 0.05) is 30.7 Å². The highest BCUT2D eigenvalue weighted by molar-refractivity contribution is 5.94. The molecule has 1 fully saturated rings. The van der Waals surface area contributed by atoms with Crippen molar-refractivity contribution in [2.75, 3.05) is 13.1 Å². The van der Waals surface area contributed by atoms with Crippen LogP contribution in [0, 0.1) is 0 Å². The lowest BCUT2D eigenvalue weighted by molar-refractivity contribution is 0.0674. The summed E-state index contributed by atoms with van der Waals surface area (Å²) in [5, 5.41) is 12.6. The van der Waals surface area contributed by atoms with Crippen LogP contribution < -0.4 is 5.32 Å². The second-order valence-corrected chi connectivity index (χ2v) is 4.73. The highest BCUT2D eigenvalue weighted by Crippen LogP contribution is 2.14. The third-order valence-electron chi connectivity index (χ3n) is 2.96. The molecule has 1 aliphatic heterocycles. The van der Waals surface area contributed by atoms with E-state index in [1.165, 1.54) is 0 Å². The maximum Gasteiger partial charge on any atom is 0.253 e. The maximum atomic E-state index is 12.2. The van der Waals surface area contributed by atoms with Crippen molar-refractivity contribution < 1.29 is 9.90 Å². The molecule has 2 unspecified atom stereocenters. The van der Waals surface area contributed by atoms with Gasteiger partial charge in [-0.2, -0.15) is 0 Å². The van der Waals surface area contributed by atoms with Gasteiger partial charge in [-0.1, -0.05) is 0 Å². The first-order chi connectivity index (χ1) is 8.06. The Hall–Kier alpha value is -1.55. The molecule has 1 saturated heterocycles. The molecule has 0 spiro atoms. The van der Waals surface area contributed by atoms with Crippen LogP contribution in [0.25, 0.3) is 0 Å². The van der Waals surface area contributed by atoms with E-state index < -0.39 is 0 Å². The van der Waals surface area contributed by atoms with Gasteiger partial charge < -0.3 is 15.3 Å². The summed E-state index contributed by atoms with van der Waals surface area (Å²) in [6.07, 6.45) is 0. The molecule has 0 radical (unpaired) electrons.